The van der Waals surface area contributed by atoms with Crippen molar-refractivity contribution in [2.75, 3.05) is 11.9 Å². The number of halogens is 1. The van der Waals surface area contributed by atoms with E-state index < -0.39 is 5.97 Å². The van der Waals surface area contributed by atoms with Crippen LogP contribution in [-0.4, -0.2) is 18.5 Å². The maximum Gasteiger partial charge on any atom is 0.338 e. The molecule has 0 aliphatic rings. The minimum atomic E-state index is -0.445. The molecule has 1 unspecified atom stereocenters. The number of hydrogen-bond acceptors (Lipinski definition) is 3. The highest BCUT2D eigenvalue weighted by atomic mass is 35.5. The third-order valence-corrected chi connectivity index (χ3v) is 3.99. The monoisotopic (exact) mass is 345 g/mol. The number of benzene rings is 2. The third-order valence-electron chi connectivity index (χ3n) is 3.66. The molecule has 126 valence electrons. The van der Waals surface area contributed by atoms with E-state index in [-0.39, 0.29) is 18.4 Å². The number of carbonyl (C=O) groups excluding carboxylic acids is 2. The van der Waals surface area contributed by atoms with E-state index in [4.69, 9.17) is 16.3 Å². The van der Waals surface area contributed by atoms with Gasteiger partial charge in [-0.1, -0.05) is 48.9 Å². The molecule has 0 saturated carbocycles. The fourth-order valence-electron chi connectivity index (χ4n) is 2.44. The van der Waals surface area contributed by atoms with Gasteiger partial charge in [-0.05, 0) is 37.1 Å². The van der Waals surface area contributed by atoms with Crippen LogP contribution in [0.1, 0.15) is 42.1 Å². The Labute approximate surface area is 146 Å². The predicted octanol–water partition coefficient (Wildman–Crippen LogP) is 4.65. The van der Waals surface area contributed by atoms with Crippen molar-refractivity contribution in [3.63, 3.8) is 0 Å². The number of rotatable bonds is 6. The lowest BCUT2D eigenvalue weighted by molar-refractivity contribution is -0.117. The summed E-state index contributed by atoms with van der Waals surface area (Å²) in [7, 11) is 0. The van der Waals surface area contributed by atoms with Crippen LogP contribution in [0.2, 0.25) is 5.02 Å². The van der Waals surface area contributed by atoms with Gasteiger partial charge in [0.2, 0.25) is 5.91 Å². The molecule has 24 heavy (non-hydrogen) atoms. The molecule has 1 atom stereocenters. The highest BCUT2D eigenvalue weighted by molar-refractivity contribution is 6.34. The molecule has 0 aliphatic carbocycles. The largest absolute Gasteiger partial charge is 0.462 e. The fraction of sp³-hybridized carbons (Fsp3) is 0.263. The first-order chi connectivity index (χ1) is 11.6. The molecule has 0 saturated heterocycles. The molecule has 0 aromatic heterocycles. The summed E-state index contributed by atoms with van der Waals surface area (Å²) < 4.78 is 4.97. The Balaban J connectivity index is 2.21. The van der Waals surface area contributed by atoms with Crippen molar-refractivity contribution in [3.05, 3.63) is 64.7 Å². The Morgan fingerprint density at radius 3 is 2.46 bits per heavy atom. The normalized spacial score (nSPS) is 11.6. The van der Waals surface area contributed by atoms with Gasteiger partial charge in [-0.3, -0.25) is 4.79 Å². The number of hydrogen-bond donors (Lipinski definition) is 1. The molecule has 0 heterocycles. The zero-order valence-corrected chi connectivity index (χ0v) is 14.5. The van der Waals surface area contributed by atoms with Crippen LogP contribution in [0.4, 0.5) is 5.69 Å². The summed E-state index contributed by atoms with van der Waals surface area (Å²) in [6.07, 6.45) is 0.658. The van der Waals surface area contributed by atoms with Gasteiger partial charge in [0.25, 0.3) is 0 Å². The minimum absolute atomic E-state index is 0.161. The number of carbonyl (C=O) groups is 2. The molecule has 0 radical (unpaired) electrons. The van der Waals surface area contributed by atoms with E-state index >= 15 is 0 Å². The summed E-state index contributed by atoms with van der Waals surface area (Å²) in [5, 5.41) is 3.19. The van der Waals surface area contributed by atoms with Crippen molar-refractivity contribution in [1.29, 1.82) is 0 Å². The van der Waals surface area contributed by atoms with Crippen LogP contribution in [0.15, 0.2) is 48.5 Å². The Morgan fingerprint density at radius 1 is 1.12 bits per heavy atom. The van der Waals surface area contributed by atoms with Crippen LogP contribution < -0.4 is 5.32 Å². The zero-order chi connectivity index (χ0) is 17.5. The van der Waals surface area contributed by atoms with Crippen molar-refractivity contribution in [2.24, 2.45) is 0 Å². The van der Waals surface area contributed by atoms with Gasteiger partial charge in [0.1, 0.15) is 0 Å². The van der Waals surface area contributed by atoms with Crippen molar-refractivity contribution in [1.82, 2.24) is 0 Å². The van der Waals surface area contributed by atoms with Gasteiger partial charge in [-0.2, -0.15) is 0 Å². The van der Waals surface area contributed by atoms with Crippen molar-refractivity contribution in [2.45, 2.75) is 26.2 Å². The molecular formula is C19H20ClNO3. The number of esters is 1. The summed E-state index contributed by atoms with van der Waals surface area (Å²) in [5.74, 6) is -0.889. The van der Waals surface area contributed by atoms with E-state index in [0.29, 0.717) is 22.7 Å². The van der Waals surface area contributed by atoms with E-state index in [1.54, 1.807) is 19.1 Å². The molecule has 2 aromatic carbocycles. The first-order valence-electron chi connectivity index (χ1n) is 7.89. The second kappa shape index (κ2) is 8.50. The van der Waals surface area contributed by atoms with Gasteiger partial charge in [0.15, 0.2) is 0 Å². The standard InChI is InChI=1S/C19H20ClNO3/c1-3-15(13-8-6-5-7-9-13)18(22)21-17-12-14(10-11-16(17)20)19(23)24-4-2/h5-12,15H,3-4H2,1-2H3,(H,21,22). The van der Waals surface area contributed by atoms with Crippen LogP contribution in [0, 0.1) is 0 Å². The first-order valence-corrected chi connectivity index (χ1v) is 8.27. The van der Waals surface area contributed by atoms with Crippen LogP contribution >= 0.6 is 11.6 Å². The van der Waals surface area contributed by atoms with Gasteiger partial charge >= 0.3 is 5.97 Å². The maximum absolute atomic E-state index is 12.6. The van der Waals surface area contributed by atoms with Crippen LogP contribution in [0.25, 0.3) is 0 Å². The van der Waals surface area contributed by atoms with Gasteiger partial charge in [-0.25, -0.2) is 4.79 Å². The summed E-state index contributed by atoms with van der Waals surface area (Å²) >= 11 is 6.15. The molecular weight excluding hydrogens is 326 g/mol. The summed E-state index contributed by atoms with van der Waals surface area (Å²) in [5.41, 5.74) is 1.70. The molecule has 0 bridgehead atoms. The third kappa shape index (κ3) is 4.36. The topological polar surface area (TPSA) is 55.4 Å². The average Bonchev–Trinajstić information content (AvgIpc) is 2.58. The molecule has 0 spiro atoms. The van der Waals surface area contributed by atoms with E-state index in [1.807, 2.05) is 37.3 Å². The van der Waals surface area contributed by atoms with Crippen molar-refractivity contribution < 1.29 is 14.3 Å². The molecule has 4 nitrogen and oxygen atoms in total. The lowest BCUT2D eigenvalue weighted by Gasteiger charge is -2.16. The van der Waals surface area contributed by atoms with Crippen LogP contribution in [-0.2, 0) is 9.53 Å². The smallest absolute Gasteiger partial charge is 0.338 e. The Bertz CT molecular complexity index is 716. The number of anilines is 1. The van der Waals surface area contributed by atoms with Gasteiger partial charge in [0, 0.05) is 0 Å². The van der Waals surface area contributed by atoms with E-state index in [0.717, 1.165) is 5.56 Å². The SMILES string of the molecule is CCOC(=O)c1ccc(Cl)c(NC(=O)C(CC)c2ccccc2)c1. The molecule has 2 aromatic rings. The summed E-state index contributed by atoms with van der Waals surface area (Å²) in [6, 6.07) is 14.2. The highest BCUT2D eigenvalue weighted by Crippen LogP contribution is 2.27. The van der Waals surface area contributed by atoms with Crippen LogP contribution in [0.5, 0.6) is 0 Å². The minimum Gasteiger partial charge on any atom is -0.462 e. The molecule has 1 N–H and O–H groups in total. The summed E-state index contributed by atoms with van der Waals surface area (Å²) in [6.45, 7) is 3.98. The highest BCUT2D eigenvalue weighted by Gasteiger charge is 2.20. The molecule has 0 aliphatic heterocycles. The van der Waals surface area contributed by atoms with E-state index in [9.17, 15) is 9.59 Å². The van der Waals surface area contributed by atoms with Crippen molar-refractivity contribution in [3.8, 4) is 0 Å². The fourth-order valence-corrected chi connectivity index (χ4v) is 2.60. The molecule has 0 fully saturated rings. The Morgan fingerprint density at radius 2 is 1.83 bits per heavy atom. The summed E-state index contributed by atoms with van der Waals surface area (Å²) in [4.78, 5) is 24.4. The molecule has 1 amide bonds. The molecule has 2 rings (SSSR count). The lowest BCUT2D eigenvalue weighted by Crippen LogP contribution is -2.21. The zero-order valence-electron chi connectivity index (χ0n) is 13.7. The number of nitrogens with one attached hydrogen (secondary N) is 1. The Kier molecular flexibility index (Phi) is 6.38. The second-order valence-corrected chi connectivity index (χ2v) is 5.68. The van der Waals surface area contributed by atoms with Crippen molar-refractivity contribution >= 4 is 29.2 Å². The number of amides is 1. The Hall–Kier alpha value is -2.33. The lowest BCUT2D eigenvalue weighted by atomic mass is 9.95. The van der Waals surface area contributed by atoms with Gasteiger partial charge in [0.05, 0.1) is 28.8 Å². The number of ether oxygens (including phenoxy) is 1. The first kappa shape index (κ1) is 18.0. The second-order valence-electron chi connectivity index (χ2n) is 5.28. The van der Waals surface area contributed by atoms with Gasteiger partial charge in [-0.15, -0.1) is 0 Å². The quantitative estimate of drug-likeness (QED) is 0.775. The van der Waals surface area contributed by atoms with Gasteiger partial charge < -0.3 is 10.1 Å². The van der Waals surface area contributed by atoms with E-state index in [2.05, 4.69) is 5.32 Å². The van der Waals surface area contributed by atoms with E-state index in [1.165, 1.54) is 6.07 Å². The van der Waals surface area contributed by atoms with Crippen LogP contribution in [0.3, 0.4) is 0 Å². The maximum atomic E-state index is 12.6. The molecule has 5 heteroatoms. The predicted molar refractivity (Wildman–Crippen MR) is 95.5 cm³/mol. The average molecular weight is 346 g/mol.